The maximum absolute atomic E-state index is 11.8. The van der Waals surface area contributed by atoms with Crippen molar-refractivity contribution >= 4 is 23.5 Å². The molecule has 96 valence electrons. The second kappa shape index (κ2) is 6.07. The summed E-state index contributed by atoms with van der Waals surface area (Å²) >= 11 is 1.45. The van der Waals surface area contributed by atoms with Gasteiger partial charge in [-0.1, -0.05) is 18.2 Å². The lowest BCUT2D eigenvalue weighted by Crippen LogP contribution is -2.17. The van der Waals surface area contributed by atoms with Gasteiger partial charge in [-0.05, 0) is 12.1 Å². The van der Waals surface area contributed by atoms with Crippen molar-refractivity contribution in [3.63, 3.8) is 0 Å². The summed E-state index contributed by atoms with van der Waals surface area (Å²) < 4.78 is 1.48. The van der Waals surface area contributed by atoms with Crippen LogP contribution < -0.4 is 5.32 Å². The van der Waals surface area contributed by atoms with Crippen LogP contribution in [0.2, 0.25) is 0 Å². The molecule has 0 radical (unpaired) electrons. The molecule has 19 heavy (non-hydrogen) atoms. The average Bonchev–Trinajstić information content (AvgIpc) is 2.78. The molecular formula is C13H12N4OS. The van der Waals surface area contributed by atoms with Gasteiger partial charge in [-0.2, -0.15) is 10.4 Å². The Hall–Kier alpha value is -2.26. The predicted octanol–water partition coefficient (Wildman–Crippen LogP) is 2.02. The van der Waals surface area contributed by atoms with E-state index >= 15 is 0 Å². The van der Waals surface area contributed by atoms with Crippen molar-refractivity contribution in [1.82, 2.24) is 9.78 Å². The van der Waals surface area contributed by atoms with Gasteiger partial charge in [0.25, 0.3) is 0 Å². The molecule has 6 heteroatoms. The molecule has 1 heterocycles. The number of anilines is 1. The van der Waals surface area contributed by atoms with Crippen LogP contribution in [0, 0.1) is 11.3 Å². The van der Waals surface area contributed by atoms with Crippen molar-refractivity contribution in [1.29, 1.82) is 5.26 Å². The molecule has 1 aromatic carbocycles. The predicted molar refractivity (Wildman–Crippen MR) is 73.7 cm³/mol. The van der Waals surface area contributed by atoms with Crippen LogP contribution in [0.4, 0.5) is 5.82 Å². The lowest BCUT2D eigenvalue weighted by molar-refractivity contribution is -0.113. The van der Waals surface area contributed by atoms with Crippen molar-refractivity contribution in [2.75, 3.05) is 11.1 Å². The summed E-state index contributed by atoms with van der Waals surface area (Å²) in [5.41, 5.74) is 0.362. The fourth-order valence-electron chi connectivity index (χ4n) is 1.50. The van der Waals surface area contributed by atoms with E-state index in [2.05, 4.69) is 10.4 Å². The molecule has 2 aromatic rings. The normalized spacial score (nSPS) is 9.89. The van der Waals surface area contributed by atoms with Crippen LogP contribution in [-0.4, -0.2) is 21.4 Å². The van der Waals surface area contributed by atoms with E-state index in [-0.39, 0.29) is 5.91 Å². The molecule has 0 aliphatic heterocycles. The van der Waals surface area contributed by atoms with Gasteiger partial charge in [0, 0.05) is 11.9 Å². The molecule has 1 aromatic heterocycles. The Balaban J connectivity index is 1.95. The molecule has 1 amide bonds. The Morgan fingerprint density at radius 3 is 2.89 bits per heavy atom. The molecule has 0 bridgehead atoms. The second-order valence-electron chi connectivity index (χ2n) is 3.79. The number of nitrogens with zero attached hydrogens (tertiary/aromatic N) is 3. The standard InChI is InChI=1S/C13H12N4OS/c1-17-13(10(7-14)8-15-17)16-12(18)9-19-11-5-3-2-4-6-11/h2-6,8H,9H2,1H3,(H,16,18). The van der Waals surface area contributed by atoms with Crippen molar-refractivity contribution in [2.45, 2.75) is 4.90 Å². The van der Waals surface area contributed by atoms with Gasteiger partial charge in [-0.3, -0.25) is 9.48 Å². The molecule has 5 nitrogen and oxygen atoms in total. The number of rotatable bonds is 4. The van der Waals surface area contributed by atoms with Gasteiger partial charge >= 0.3 is 0 Å². The minimum atomic E-state index is -0.158. The average molecular weight is 272 g/mol. The highest BCUT2D eigenvalue weighted by atomic mass is 32.2. The fraction of sp³-hybridized carbons (Fsp3) is 0.154. The molecule has 0 saturated heterocycles. The van der Waals surface area contributed by atoms with Crippen molar-refractivity contribution in [3.8, 4) is 6.07 Å². The SMILES string of the molecule is Cn1ncc(C#N)c1NC(=O)CSc1ccccc1. The number of aromatic nitrogens is 2. The second-order valence-corrected chi connectivity index (χ2v) is 4.84. The number of nitrogens with one attached hydrogen (secondary N) is 1. The number of aryl methyl sites for hydroxylation is 1. The quantitative estimate of drug-likeness (QED) is 0.864. The van der Waals surface area contributed by atoms with Gasteiger partial charge in [-0.15, -0.1) is 11.8 Å². The van der Waals surface area contributed by atoms with Crippen LogP contribution in [0.25, 0.3) is 0 Å². The fourth-order valence-corrected chi connectivity index (χ4v) is 2.22. The molecule has 0 aliphatic rings. The van der Waals surface area contributed by atoms with Gasteiger partial charge in [0.1, 0.15) is 17.5 Å². The molecule has 0 atom stereocenters. The summed E-state index contributed by atoms with van der Waals surface area (Å²) in [4.78, 5) is 12.9. The van der Waals surface area contributed by atoms with E-state index in [9.17, 15) is 4.79 Å². The van der Waals surface area contributed by atoms with E-state index in [1.165, 1.54) is 22.6 Å². The zero-order chi connectivity index (χ0) is 13.7. The minimum Gasteiger partial charge on any atom is -0.309 e. The van der Waals surface area contributed by atoms with Crippen LogP contribution in [0.1, 0.15) is 5.56 Å². The van der Waals surface area contributed by atoms with E-state index < -0.39 is 0 Å². The molecular weight excluding hydrogens is 260 g/mol. The minimum absolute atomic E-state index is 0.158. The third kappa shape index (κ3) is 3.36. The van der Waals surface area contributed by atoms with E-state index in [1.807, 2.05) is 36.4 Å². The first kappa shape index (κ1) is 13.2. The number of thioether (sulfide) groups is 1. The Morgan fingerprint density at radius 1 is 1.47 bits per heavy atom. The number of hydrogen-bond acceptors (Lipinski definition) is 4. The number of hydrogen-bond donors (Lipinski definition) is 1. The van der Waals surface area contributed by atoms with Crippen LogP contribution in [0.5, 0.6) is 0 Å². The van der Waals surface area contributed by atoms with Crippen LogP contribution in [0.15, 0.2) is 41.4 Å². The lowest BCUT2D eigenvalue weighted by Gasteiger charge is -2.05. The molecule has 0 spiro atoms. The van der Waals surface area contributed by atoms with E-state index in [0.717, 1.165) is 4.90 Å². The zero-order valence-electron chi connectivity index (χ0n) is 10.3. The smallest absolute Gasteiger partial charge is 0.235 e. The van der Waals surface area contributed by atoms with Gasteiger partial charge in [-0.25, -0.2) is 0 Å². The summed E-state index contributed by atoms with van der Waals surface area (Å²) in [7, 11) is 1.68. The largest absolute Gasteiger partial charge is 0.309 e. The zero-order valence-corrected chi connectivity index (χ0v) is 11.1. The summed E-state index contributed by atoms with van der Waals surface area (Å²) in [5, 5.41) is 15.5. The number of carbonyl (C=O) groups is 1. The third-order valence-corrected chi connectivity index (χ3v) is 3.44. The van der Waals surface area contributed by atoms with E-state index in [0.29, 0.717) is 17.1 Å². The summed E-state index contributed by atoms with van der Waals surface area (Å²) in [6.07, 6.45) is 1.43. The topological polar surface area (TPSA) is 70.7 Å². The molecule has 0 aliphatic carbocycles. The van der Waals surface area contributed by atoms with Crippen molar-refractivity contribution in [3.05, 3.63) is 42.1 Å². The highest BCUT2D eigenvalue weighted by Crippen LogP contribution is 2.18. The van der Waals surface area contributed by atoms with Gasteiger partial charge in [0.05, 0.1) is 11.9 Å². The third-order valence-electron chi connectivity index (χ3n) is 2.43. The van der Waals surface area contributed by atoms with Gasteiger partial charge < -0.3 is 5.32 Å². The molecule has 1 N–H and O–H groups in total. The number of carbonyl (C=O) groups excluding carboxylic acids is 1. The Kier molecular flexibility index (Phi) is 4.21. The van der Waals surface area contributed by atoms with Crippen molar-refractivity contribution < 1.29 is 4.79 Å². The Morgan fingerprint density at radius 2 is 2.21 bits per heavy atom. The molecule has 2 rings (SSSR count). The van der Waals surface area contributed by atoms with Crippen LogP contribution in [0.3, 0.4) is 0 Å². The van der Waals surface area contributed by atoms with Crippen LogP contribution in [-0.2, 0) is 11.8 Å². The first-order valence-electron chi connectivity index (χ1n) is 5.60. The summed E-state index contributed by atoms with van der Waals surface area (Å²) in [6, 6.07) is 11.7. The summed E-state index contributed by atoms with van der Waals surface area (Å²) in [6.45, 7) is 0. The first-order chi connectivity index (χ1) is 9.20. The maximum Gasteiger partial charge on any atom is 0.235 e. The Bertz CT molecular complexity index is 615. The summed E-state index contributed by atoms with van der Waals surface area (Å²) in [5.74, 6) is 0.565. The molecule has 0 unspecified atom stereocenters. The van der Waals surface area contributed by atoms with Gasteiger partial charge in [0.15, 0.2) is 0 Å². The highest BCUT2D eigenvalue weighted by Gasteiger charge is 2.11. The Labute approximate surface area is 115 Å². The first-order valence-corrected chi connectivity index (χ1v) is 6.59. The molecule has 0 fully saturated rings. The lowest BCUT2D eigenvalue weighted by atomic mass is 10.3. The van der Waals surface area contributed by atoms with E-state index in [1.54, 1.807) is 7.05 Å². The van der Waals surface area contributed by atoms with Crippen molar-refractivity contribution in [2.24, 2.45) is 7.05 Å². The van der Waals surface area contributed by atoms with Crippen LogP contribution >= 0.6 is 11.8 Å². The molecule has 0 saturated carbocycles. The maximum atomic E-state index is 11.8. The number of benzene rings is 1. The number of nitriles is 1. The van der Waals surface area contributed by atoms with Gasteiger partial charge in [0.2, 0.25) is 5.91 Å². The number of amides is 1. The highest BCUT2D eigenvalue weighted by molar-refractivity contribution is 8.00. The monoisotopic (exact) mass is 272 g/mol. The van der Waals surface area contributed by atoms with E-state index in [4.69, 9.17) is 5.26 Å².